The van der Waals surface area contributed by atoms with E-state index in [4.69, 9.17) is 0 Å². The van der Waals surface area contributed by atoms with E-state index >= 15 is 0 Å². The van der Waals surface area contributed by atoms with Crippen LogP contribution in [0.4, 0.5) is 0 Å². The molecule has 0 aromatic heterocycles. The maximum Gasteiger partial charge on any atom is 0.0591 e. The predicted octanol–water partition coefficient (Wildman–Crippen LogP) is 3.99. The van der Waals surface area contributed by atoms with E-state index in [-0.39, 0.29) is 0 Å². The monoisotopic (exact) mass is 232 g/mol. The summed E-state index contributed by atoms with van der Waals surface area (Å²) in [6.45, 7) is 3.78. The molecule has 0 saturated carbocycles. The summed E-state index contributed by atoms with van der Waals surface area (Å²) in [6.07, 6.45) is 8.21. The van der Waals surface area contributed by atoms with Gasteiger partial charge in [0, 0.05) is 5.25 Å². The first kappa shape index (κ1) is 12.5. The largest absolute Gasteiger partial charge is 0.390 e. The average molecular weight is 232 g/mol. The molecule has 1 atom stereocenters. The minimum atomic E-state index is -0.474. The minimum Gasteiger partial charge on any atom is -0.390 e. The number of hydrogen-bond donors (Lipinski definition) is 1. The molecule has 0 aromatic rings. The SMILES string of the molecule is CC(C)(O)CCCCCC1C=CSS1. The van der Waals surface area contributed by atoms with Gasteiger partial charge in [-0.2, -0.15) is 0 Å². The van der Waals surface area contributed by atoms with Crippen LogP contribution in [0.25, 0.3) is 0 Å². The fraction of sp³-hybridized carbons (Fsp3) is 0.818. The van der Waals surface area contributed by atoms with Gasteiger partial charge in [-0.05, 0) is 32.1 Å². The van der Waals surface area contributed by atoms with E-state index < -0.39 is 5.60 Å². The first-order chi connectivity index (χ1) is 6.58. The molecule has 82 valence electrons. The second-order valence-electron chi connectivity index (χ2n) is 4.47. The van der Waals surface area contributed by atoms with Gasteiger partial charge in [0.25, 0.3) is 0 Å². The summed E-state index contributed by atoms with van der Waals surface area (Å²) in [4.78, 5) is 0. The summed E-state index contributed by atoms with van der Waals surface area (Å²) in [5, 5.41) is 12.4. The van der Waals surface area contributed by atoms with Gasteiger partial charge in [-0.3, -0.25) is 0 Å². The zero-order valence-corrected chi connectivity index (χ0v) is 10.7. The Labute approximate surface area is 95.1 Å². The standard InChI is InChI=1S/C11H20OS2/c1-11(2,12)8-5-3-4-6-10-7-9-13-14-10/h7,9-10,12H,3-6,8H2,1-2H3. The summed E-state index contributed by atoms with van der Waals surface area (Å²) < 4.78 is 0. The number of rotatable bonds is 6. The van der Waals surface area contributed by atoms with E-state index in [1.807, 2.05) is 35.4 Å². The highest BCUT2D eigenvalue weighted by Crippen LogP contribution is 2.37. The third kappa shape index (κ3) is 5.99. The van der Waals surface area contributed by atoms with Crippen molar-refractivity contribution in [1.82, 2.24) is 0 Å². The molecule has 3 heteroatoms. The number of aliphatic hydroxyl groups is 1. The Hall–Kier alpha value is 0.400. The van der Waals surface area contributed by atoms with Crippen molar-refractivity contribution < 1.29 is 5.11 Å². The Kier molecular flexibility index (Phi) is 5.42. The Morgan fingerprint density at radius 1 is 1.29 bits per heavy atom. The maximum atomic E-state index is 9.51. The van der Waals surface area contributed by atoms with Crippen LogP contribution in [0.2, 0.25) is 0 Å². The van der Waals surface area contributed by atoms with Gasteiger partial charge in [0.15, 0.2) is 0 Å². The van der Waals surface area contributed by atoms with Crippen molar-refractivity contribution in [2.75, 3.05) is 0 Å². The fourth-order valence-corrected chi connectivity index (χ4v) is 3.74. The van der Waals surface area contributed by atoms with Crippen LogP contribution in [0.3, 0.4) is 0 Å². The van der Waals surface area contributed by atoms with Crippen LogP contribution in [-0.4, -0.2) is 16.0 Å². The molecule has 0 amide bonds. The van der Waals surface area contributed by atoms with Crippen molar-refractivity contribution in [2.24, 2.45) is 0 Å². The van der Waals surface area contributed by atoms with E-state index in [1.54, 1.807) is 0 Å². The van der Waals surface area contributed by atoms with Crippen LogP contribution in [0.5, 0.6) is 0 Å². The molecule has 14 heavy (non-hydrogen) atoms. The molecular weight excluding hydrogens is 212 g/mol. The third-order valence-electron chi connectivity index (χ3n) is 2.31. The second-order valence-corrected chi connectivity index (χ2v) is 6.89. The molecular formula is C11H20OS2. The van der Waals surface area contributed by atoms with E-state index in [0.29, 0.717) is 0 Å². The normalized spacial score (nSPS) is 21.8. The average Bonchev–Trinajstić information content (AvgIpc) is 2.54. The van der Waals surface area contributed by atoms with Gasteiger partial charge in [-0.25, -0.2) is 0 Å². The lowest BCUT2D eigenvalue weighted by atomic mass is 10.00. The molecule has 1 unspecified atom stereocenters. The predicted molar refractivity (Wildman–Crippen MR) is 67.5 cm³/mol. The lowest BCUT2D eigenvalue weighted by Crippen LogP contribution is -2.17. The first-order valence-electron chi connectivity index (χ1n) is 5.29. The van der Waals surface area contributed by atoms with Crippen molar-refractivity contribution in [3.05, 3.63) is 11.5 Å². The van der Waals surface area contributed by atoms with Crippen molar-refractivity contribution >= 4 is 21.6 Å². The minimum absolute atomic E-state index is 0.474. The van der Waals surface area contributed by atoms with Crippen molar-refractivity contribution in [1.29, 1.82) is 0 Å². The molecule has 0 fully saturated rings. The fourth-order valence-electron chi connectivity index (χ4n) is 1.48. The number of hydrogen-bond acceptors (Lipinski definition) is 3. The summed E-state index contributed by atoms with van der Waals surface area (Å²) >= 11 is 0. The molecule has 1 N–H and O–H groups in total. The molecule has 0 spiro atoms. The molecule has 0 radical (unpaired) electrons. The molecule has 1 rings (SSSR count). The highest BCUT2D eigenvalue weighted by Gasteiger charge is 2.12. The van der Waals surface area contributed by atoms with E-state index in [2.05, 4.69) is 11.5 Å². The van der Waals surface area contributed by atoms with Crippen molar-refractivity contribution in [2.45, 2.75) is 56.8 Å². The second kappa shape index (κ2) is 6.09. The van der Waals surface area contributed by atoms with Gasteiger partial charge in [0.05, 0.1) is 5.60 Å². The molecule has 1 nitrogen and oxygen atoms in total. The molecule has 0 aromatic carbocycles. The van der Waals surface area contributed by atoms with Crippen LogP contribution >= 0.6 is 21.6 Å². The summed E-state index contributed by atoms with van der Waals surface area (Å²) in [6, 6.07) is 0. The van der Waals surface area contributed by atoms with E-state index in [9.17, 15) is 5.11 Å². The van der Waals surface area contributed by atoms with Gasteiger partial charge in [-0.15, -0.1) is 0 Å². The van der Waals surface area contributed by atoms with Gasteiger partial charge in [-0.1, -0.05) is 46.9 Å². The Morgan fingerprint density at radius 2 is 2.07 bits per heavy atom. The molecule has 1 aliphatic heterocycles. The van der Waals surface area contributed by atoms with Gasteiger partial charge in [0.2, 0.25) is 0 Å². The van der Waals surface area contributed by atoms with Crippen LogP contribution in [0, 0.1) is 0 Å². The van der Waals surface area contributed by atoms with E-state index in [1.165, 1.54) is 19.3 Å². The third-order valence-corrected chi connectivity index (χ3v) is 4.73. The zero-order chi connectivity index (χ0) is 10.4. The van der Waals surface area contributed by atoms with Gasteiger partial charge in [0.1, 0.15) is 0 Å². The highest BCUT2D eigenvalue weighted by molar-refractivity contribution is 8.78. The quantitative estimate of drug-likeness (QED) is 0.552. The van der Waals surface area contributed by atoms with Crippen LogP contribution in [-0.2, 0) is 0 Å². The Bertz CT molecular complexity index is 184. The topological polar surface area (TPSA) is 20.2 Å². The summed E-state index contributed by atoms with van der Waals surface area (Å²) in [7, 11) is 3.81. The molecule has 0 bridgehead atoms. The molecule has 0 aliphatic carbocycles. The van der Waals surface area contributed by atoms with Crippen LogP contribution in [0.1, 0.15) is 46.0 Å². The van der Waals surface area contributed by atoms with Gasteiger partial charge < -0.3 is 5.11 Å². The molecule has 0 saturated heterocycles. The van der Waals surface area contributed by atoms with Crippen LogP contribution in [0.15, 0.2) is 11.5 Å². The molecule has 1 aliphatic rings. The van der Waals surface area contributed by atoms with Crippen LogP contribution < -0.4 is 0 Å². The highest BCUT2D eigenvalue weighted by atomic mass is 33.1. The molecule has 1 heterocycles. The van der Waals surface area contributed by atoms with Gasteiger partial charge >= 0.3 is 0 Å². The lowest BCUT2D eigenvalue weighted by Gasteiger charge is -2.16. The first-order valence-corrected chi connectivity index (χ1v) is 7.57. The Balaban J connectivity index is 1.92. The smallest absolute Gasteiger partial charge is 0.0591 e. The zero-order valence-electron chi connectivity index (χ0n) is 9.03. The summed E-state index contributed by atoms with van der Waals surface area (Å²) in [5.41, 5.74) is -0.474. The summed E-state index contributed by atoms with van der Waals surface area (Å²) in [5.74, 6) is 0. The van der Waals surface area contributed by atoms with E-state index in [0.717, 1.165) is 18.1 Å². The number of unbranched alkanes of at least 4 members (excludes halogenated alkanes) is 2. The lowest BCUT2D eigenvalue weighted by molar-refractivity contribution is 0.0680. The van der Waals surface area contributed by atoms with Crippen molar-refractivity contribution in [3.8, 4) is 0 Å². The van der Waals surface area contributed by atoms with Crippen molar-refractivity contribution in [3.63, 3.8) is 0 Å². The maximum absolute atomic E-state index is 9.51. The Morgan fingerprint density at radius 3 is 2.64 bits per heavy atom.